The van der Waals surface area contributed by atoms with Crippen LogP contribution in [0.3, 0.4) is 0 Å². The van der Waals surface area contributed by atoms with Gasteiger partial charge in [0, 0.05) is 44.0 Å². The molecule has 2 aliphatic rings. The summed E-state index contributed by atoms with van der Waals surface area (Å²) in [7, 11) is 2.19. The van der Waals surface area contributed by atoms with Gasteiger partial charge in [0.05, 0.1) is 5.56 Å². The van der Waals surface area contributed by atoms with E-state index in [1.165, 1.54) is 12.8 Å². The summed E-state index contributed by atoms with van der Waals surface area (Å²) in [6.45, 7) is 3.69. The Kier molecular flexibility index (Phi) is 3.70. The van der Waals surface area contributed by atoms with Crippen molar-refractivity contribution < 1.29 is 4.79 Å². The molecular formula is C15H22N4O. The minimum atomic E-state index is 0.0774. The molecule has 5 nitrogen and oxygen atoms in total. The zero-order chi connectivity index (χ0) is 14.1. The van der Waals surface area contributed by atoms with Crippen molar-refractivity contribution in [3.63, 3.8) is 0 Å². The zero-order valence-electron chi connectivity index (χ0n) is 12.2. The fourth-order valence-electron chi connectivity index (χ4n) is 3.32. The van der Waals surface area contributed by atoms with E-state index in [-0.39, 0.29) is 5.91 Å². The first-order chi connectivity index (χ1) is 9.69. The maximum atomic E-state index is 12.6. The number of rotatable bonds is 2. The number of likely N-dealkylation sites (N-methyl/N-ethyl adjacent to an activating group) is 1. The highest BCUT2D eigenvalue weighted by atomic mass is 16.2. The lowest BCUT2D eigenvalue weighted by molar-refractivity contribution is 0.0739. The number of carbonyl (C=O) groups excluding carboxylic acids is 1. The maximum Gasteiger partial charge on any atom is 0.257 e. The van der Waals surface area contributed by atoms with Gasteiger partial charge >= 0.3 is 0 Å². The molecule has 2 saturated heterocycles. The van der Waals surface area contributed by atoms with Gasteiger partial charge in [-0.3, -0.25) is 9.69 Å². The first-order valence-corrected chi connectivity index (χ1v) is 7.51. The summed E-state index contributed by atoms with van der Waals surface area (Å²) < 4.78 is 0. The average molecular weight is 274 g/mol. The van der Waals surface area contributed by atoms with Crippen molar-refractivity contribution in [3.05, 3.63) is 23.8 Å². The maximum absolute atomic E-state index is 12.6. The van der Waals surface area contributed by atoms with Crippen LogP contribution in [0.2, 0.25) is 0 Å². The van der Waals surface area contributed by atoms with Crippen LogP contribution in [0.1, 0.15) is 42.4 Å². The third kappa shape index (κ3) is 2.42. The molecule has 1 amide bonds. The molecule has 0 aliphatic carbocycles. The van der Waals surface area contributed by atoms with Gasteiger partial charge in [-0.2, -0.15) is 0 Å². The van der Waals surface area contributed by atoms with Gasteiger partial charge in [-0.1, -0.05) is 6.92 Å². The number of amides is 1. The predicted octanol–water partition coefficient (Wildman–Crippen LogP) is 1.35. The van der Waals surface area contributed by atoms with Crippen LogP contribution in [-0.2, 0) is 6.42 Å². The lowest BCUT2D eigenvalue weighted by Gasteiger charge is -2.25. The Hall–Kier alpha value is -1.49. The molecule has 1 aromatic heterocycles. The Labute approximate surface area is 120 Å². The summed E-state index contributed by atoms with van der Waals surface area (Å²) in [5, 5.41) is 0. The number of carbonyl (C=O) groups is 1. The van der Waals surface area contributed by atoms with E-state index in [0.717, 1.165) is 31.8 Å². The van der Waals surface area contributed by atoms with Crippen molar-refractivity contribution in [2.75, 3.05) is 20.1 Å². The Morgan fingerprint density at radius 2 is 1.95 bits per heavy atom. The van der Waals surface area contributed by atoms with Crippen LogP contribution in [0.5, 0.6) is 0 Å². The summed E-state index contributed by atoms with van der Waals surface area (Å²) in [4.78, 5) is 25.4. The van der Waals surface area contributed by atoms with Gasteiger partial charge < -0.3 is 4.90 Å². The average Bonchev–Trinajstić information content (AvgIpc) is 2.72. The summed E-state index contributed by atoms with van der Waals surface area (Å²) in [6, 6.07) is 1.17. The number of hydrogen-bond donors (Lipinski definition) is 0. The van der Waals surface area contributed by atoms with Gasteiger partial charge in [-0.15, -0.1) is 0 Å². The van der Waals surface area contributed by atoms with Crippen LogP contribution < -0.4 is 0 Å². The monoisotopic (exact) mass is 274 g/mol. The van der Waals surface area contributed by atoms with E-state index in [4.69, 9.17) is 0 Å². The van der Waals surface area contributed by atoms with Crippen LogP contribution in [0, 0.1) is 0 Å². The third-order valence-electron chi connectivity index (χ3n) is 4.70. The lowest BCUT2D eigenvalue weighted by atomic mass is 10.1. The SMILES string of the molecule is CCc1ncc(C(=O)N2CC[C@@H]3CC[C@H](C2)N3C)cn1. The second kappa shape index (κ2) is 5.48. The quantitative estimate of drug-likeness (QED) is 0.817. The normalized spacial score (nSPS) is 26.6. The van der Waals surface area contributed by atoms with Crippen molar-refractivity contribution in [1.29, 1.82) is 0 Å². The Morgan fingerprint density at radius 3 is 2.65 bits per heavy atom. The summed E-state index contributed by atoms with van der Waals surface area (Å²) in [5.74, 6) is 0.866. The van der Waals surface area contributed by atoms with Gasteiger partial charge in [0.15, 0.2) is 0 Å². The second-order valence-corrected chi connectivity index (χ2v) is 5.83. The van der Waals surface area contributed by atoms with Gasteiger partial charge in [-0.05, 0) is 26.3 Å². The van der Waals surface area contributed by atoms with Crippen molar-refractivity contribution in [2.24, 2.45) is 0 Å². The molecule has 3 rings (SSSR count). The molecule has 2 bridgehead atoms. The van der Waals surface area contributed by atoms with Crippen LogP contribution in [-0.4, -0.2) is 57.9 Å². The summed E-state index contributed by atoms with van der Waals surface area (Å²) in [6.07, 6.45) is 7.69. The van der Waals surface area contributed by atoms with Crippen LogP contribution in [0.4, 0.5) is 0 Å². The van der Waals surface area contributed by atoms with E-state index < -0.39 is 0 Å². The van der Waals surface area contributed by atoms with Crippen molar-refractivity contribution in [1.82, 2.24) is 19.8 Å². The molecule has 0 unspecified atom stereocenters. The highest BCUT2D eigenvalue weighted by molar-refractivity contribution is 5.93. The van der Waals surface area contributed by atoms with Gasteiger partial charge in [0.1, 0.15) is 5.82 Å². The van der Waals surface area contributed by atoms with E-state index in [9.17, 15) is 4.79 Å². The molecule has 3 heterocycles. The molecule has 5 heteroatoms. The summed E-state index contributed by atoms with van der Waals surface area (Å²) >= 11 is 0. The topological polar surface area (TPSA) is 49.3 Å². The fourth-order valence-corrected chi connectivity index (χ4v) is 3.32. The molecule has 2 atom stereocenters. The third-order valence-corrected chi connectivity index (χ3v) is 4.70. The molecule has 20 heavy (non-hydrogen) atoms. The standard InChI is InChI=1S/C15H22N4O/c1-3-14-16-8-11(9-17-14)15(20)19-7-6-12-4-5-13(10-19)18(12)2/h8-9,12-13H,3-7,10H2,1-2H3/t12-,13+/m0/s1. The molecule has 1 aromatic rings. The van der Waals surface area contributed by atoms with Gasteiger partial charge in [-0.25, -0.2) is 9.97 Å². The molecule has 0 radical (unpaired) electrons. The number of likely N-dealkylation sites (tertiary alicyclic amines) is 1. The van der Waals surface area contributed by atoms with Crippen LogP contribution in [0.15, 0.2) is 12.4 Å². The van der Waals surface area contributed by atoms with E-state index in [1.807, 2.05) is 11.8 Å². The van der Waals surface area contributed by atoms with E-state index in [2.05, 4.69) is 21.9 Å². The number of aryl methyl sites for hydroxylation is 1. The molecule has 0 N–H and O–H groups in total. The number of aromatic nitrogens is 2. The van der Waals surface area contributed by atoms with Crippen LogP contribution >= 0.6 is 0 Å². The minimum Gasteiger partial charge on any atom is -0.337 e. The molecule has 0 spiro atoms. The molecule has 0 saturated carbocycles. The lowest BCUT2D eigenvalue weighted by Crippen LogP contribution is -2.39. The number of nitrogens with zero attached hydrogens (tertiary/aromatic N) is 4. The Bertz CT molecular complexity index is 487. The van der Waals surface area contributed by atoms with E-state index in [1.54, 1.807) is 12.4 Å². The molecule has 2 aliphatic heterocycles. The van der Waals surface area contributed by atoms with Gasteiger partial charge in [0.2, 0.25) is 0 Å². The molecular weight excluding hydrogens is 252 g/mol. The molecule has 108 valence electrons. The molecule has 0 aromatic carbocycles. The van der Waals surface area contributed by atoms with Crippen molar-refractivity contribution >= 4 is 5.91 Å². The van der Waals surface area contributed by atoms with Crippen LogP contribution in [0.25, 0.3) is 0 Å². The highest BCUT2D eigenvalue weighted by Crippen LogP contribution is 2.28. The Morgan fingerprint density at radius 1 is 1.25 bits per heavy atom. The Balaban J connectivity index is 1.73. The number of fused-ring (bicyclic) bond motifs is 2. The van der Waals surface area contributed by atoms with Gasteiger partial charge in [0.25, 0.3) is 5.91 Å². The fraction of sp³-hybridized carbons (Fsp3) is 0.667. The zero-order valence-corrected chi connectivity index (χ0v) is 12.2. The van der Waals surface area contributed by atoms with Crippen molar-refractivity contribution in [2.45, 2.75) is 44.7 Å². The minimum absolute atomic E-state index is 0.0774. The second-order valence-electron chi connectivity index (χ2n) is 5.83. The summed E-state index contributed by atoms with van der Waals surface area (Å²) in [5.41, 5.74) is 0.614. The van der Waals surface area contributed by atoms with Crippen molar-refractivity contribution in [3.8, 4) is 0 Å². The number of hydrogen-bond acceptors (Lipinski definition) is 4. The van der Waals surface area contributed by atoms with E-state index >= 15 is 0 Å². The highest BCUT2D eigenvalue weighted by Gasteiger charge is 2.36. The largest absolute Gasteiger partial charge is 0.337 e. The first-order valence-electron chi connectivity index (χ1n) is 7.51. The predicted molar refractivity (Wildman–Crippen MR) is 76.5 cm³/mol. The van der Waals surface area contributed by atoms with E-state index in [0.29, 0.717) is 17.6 Å². The first kappa shape index (κ1) is 13.5. The molecule has 2 fully saturated rings. The smallest absolute Gasteiger partial charge is 0.257 e.